The zero-order valence-corrected chi connectivity index (χ0v) is 11.6. The lowest BCUT2D eigenvalue weighted by molar-refractivity contribution is 0.302. The molecule has 0 unspecified atom stereocenters. The van der Waals surface area contributed by atoms with Gasteiger partial charge >= 0.3 is 5.69 Å². The Bertz CT molecular complexity index is 533. The summed E-state index contributed by atoms with van der Waals surface area (Å²) >= 11 is 0. The van der Waals surface area contributed by atoms with Crippen molar-refractivity contribution in [3.05, 3.63) is 20.8 Å². The Kier molecular flexibility index (Phi) is 5.17. The van der Waals surface area contributed by atoms with Crippen molar-refractivity contribution in [2.45, 2.75) is 27.3 Å². The second-order valence-corrected chi connectivity index (χ2v) is 4.80. The van der Waals surface area contributed by atoms with E-state index in [1.54, 1.807) is 4.90 Å². The average molecular weight is 270 g/mol. The second-order valence-electron chi connectivity index (χ2n) is 4.80. The van der Waals surface area contributed by atoms with Gasteiger partial charge in [0.1, 0.15) is 11.5 Å². The van der Waals surface area contributed by atoms with E-state index in [1.807, 2.05) is 20.8 Å². The van der Waals surface area contributed by atoms with Gasteiger partial charge in [-0.15, -0.1) is 0 Å². The number of aliphatic hydroxyl groups excluding tert-OH is 1. The third-order valence-corrected chi connectivity index (χ3v) is 2.83. The van der Waals surface area contributed by atoms with Crippen LogP contribution in [0.25, 0.3) is 0 Å². The highest BCUT2D eigenvalue weighted by molar-refractivity contribution is 5.62. The lowest BCUT2D eigenvalue weighted by Gasteiger charge is -2.24. The Morgan fingerprint density at radius 1 is 1.42 bits per heavy atom. The molecule has 0 fully saturated rings. The van der Waals surface area contributed by atoms with E-state index < -0.39 is 11.2 Å². The molecule has 1 aromatic heterocycles. The molecule has 0 aliphatic heterocycles. The molecule has 1 rings (SSSR count). The standard InChI is InChI=1S/C12H22N4O3/c1-4-15(5-6-17)9-10(13)16(7-8(2)3)12(19)14-11(9)18/h8,17H,4-7,13H2,1-3H3,(H,14,18,19). The van der Waals surface area contributed by atoms with E-state index in [0.717, 1.165) is 0 Å². The van der Waals surface area contributed by atoms with Crippen molar-refractivity contribution in [1.82, 2.24) is 9.55 Å². The first-order valence-electron chi connectivity index (χ1n) is 6.40. The number of likely N-dealkylation sites (N-methyl/N-ethyl adjacent to an activating group) is 1. The van der Waals surface area contributed by atoms with Crippen LogP contribution in [0.15, 0.2) is 9.59 Å². The van der Waals surface area contributed by atoms with Crippen molar-refractivity contribution in [3.8, 4) is 0 Å². The Hall–Kier alpha value is -1.76. The predicted octanol–water partition coefficient (Wildman–Crippen LogP) is -0.407. The van der Waals surface area contributed by atoms with Crippen LogP contribution in [-0.4, -0.2) is 34.4 Å². The predicted molar refractivity (Wildman–Crippen MR) is 75.5 cm³/mol. The summed E-state index contributed by atoms with van der Waals surface area (Å²) < 4.78 is 1.36. The van der Waals surface area contributed by atoms with E-state index in [4.69, 9.17) is 10.8 Å². The molecule has 4 N–H and O–H groups in total. The molecule has 0 saturated carbocycles. The highest BCUT2D eigenvalue weighted by Gasteiger charge is 2.17. The van der Waals surface area contributed by atoms with Crippen LogP contribution in [0.1, 0.15) is 20.8 Å². The Morgan fingerprint density at radius 3 is 2.53 bits per heavy atom. The van der Waals surface area contributed by atoms with Gasteiger partial charge in [0.25, 0.3) is 5.56 Å². The molecule has 7 nitrogen and oxygen atoms in total. The average Bonchev–Trinajstić information content (AvgIpc) is 2.32. The molecule has 0 aliphatic carbocycles. The smallest absolute Gasteiger partial charge is 0.330 e. The topological polar surface area (TPSA) is 104 Å². The molecule has 0 aromatic carbocycles. The Balaban J connectivity index is 3.39. The van der Waals surface area contributed by atoms with E-state index in [-0.39, 0.29) is 24.0 Å². The molecule has 0 atom stereocenters. The summed E-state index contributed by atoms with van der Waals surface area (Å²) in [5.41, 5.74) is 5.19. The van der Waals surface area contributed by atoms with Crippen LogP contribution in [-0.2, 0) is 6.54 Å². The number of nitrogens with one attached hydrogen (secondary N) is 1. The van der Waals surface area contributed by atoms with E-state index in [1.165, 1.54) is 4.57 Å². The normalized spacial score (nSPS) is 11.0. The van der Waals surface area contributed by atoms with Gasteiger partial charge in [0.2, 0.25) is 0 Å². The largest absolute Gasteiger partial charge is 0.395 e. The lowest BCUT2D eigenvalue weighted by atomic mass is 10.2. The summed E-state index contributed by atoms with van der Waals surface area (Å²) in [5, 5.41) is 9.02. The molecule has 0 saturated heterocycles. The number of aromatic amines is 1. The molecule has 1 aromatic rings. The van der Waals surface area contributed by atoms with E-state index in [9.17, 15) is 9.59 Å². The minimum absolute atomic E-state index is 0.0873. The molecule has 0 radical (unpaired) electrons. The summed E-state index contributed by atoms with van der Waals surface area (Å²) in [6.45, 7) is 6.94. The van der Waals surface area contributed by atoms with Crippen molar-refractivity contribution in [2.75, 3.05) is 30.3 Å². The first kappa shape index (κ1) is 15.3. The number of aliphatic hydroxyl groups is 1. The van der Waals surface area contributed by atoms with Crippen molar-refractivity contribution in [1.29, 1.82) is 0 Å². The Morgan fingerprint density at radius 2 is 2.05 bits per heavy atom. The van der Waals surface area contributed by atoms with Crippen molar-refractivity contribution >= 4 is 11.5 Å². The summed E-state index contributed by atoms with van der Waals surface area (Å²) in [5.74, 6) is 0.379. The summed E-state index contributed by atoms with van der Waals surface area (Å²) in [7, 11) is 0. The van der Waals surface area contributed by atoms with Crippen LogP contribution >= 0.6 is 0 Å². The molecule has 0 spiro atoms. The zero-order chi connectivity index (χ0) is 14.6. The minimum atomic E-state index is -0.516. The molecular formula is C12H22N4O3. The van der Waals surface area contributed by atoms with Gasteiger partial charge in [-0.1, -0.05) is 13.8 Å². The number of nitrogens with zero attached hydrogens (tertiary/aromatic N) is 2. The summed E-state index contributed by atoms with van der Waals surface area (Å²) in [6, 6.07) is 0. The van der Waals surface area contributed by atoms with Crippen LogP contribution in [0.2, 0.25) is 0 Å². The highest BCUT2D eigenvalue weighted by atomic mass is 16.3. The Labute approximate surface area is 111 Å². The number of anilines is 2. The van der Waals surface area contributed by atoms with E-state index in [0.29, 0.717) is 19.6 Å². The molecule has 0 aliphatic rings. The maximum Gasteiger partial charge on any atom is 0.330 e. The summed E-state index contributed by atoms with van der Waals surface area (Å²) in [6.07, 6.45) is 0. The fourth-order valence-electron chi connectivity index (χ4n) is 1.98. The monoisotopic (exact) mass is 270 g/mol. The van der Waals surface area contributed by atoms with E-state index >= 15 is 0 Å². The lowest BCUT2D eigenvalue weighted by Crippen LogP contribution is -2.39. The molecule has 7 heteroatoms. The van der Waals surface area contributed by atoms with Gasteiger partial charge < -0.3 is 15.7 Å². The first-order chi connectivity index (χ1) is 8.92. The fourth-order valence-corrected chi connectivity index (χ4v) is 1.98. The van der Waals surface area contributed by atoms with Gasteiger partial charge in [0, 0.05) is 19.6 Å². The molecule has 108 valence electrons. The quantitative estimate of drug-likeness (QED) is 0.652. The molecule has 0 amide bonds. The van der Waals surface area contributed by atoms with Gasteiger partial charge in [0.15, 0.2) is 0 Å². The van der Waals surface area contributed by atoms with Gasteiger partial charge in [0.05, 0.1) is 6.61 Å². The van der Waals surface area contributed by atoms with Crippen LogP contribution in [0.5, 0.6) is 0 Å². The summed E-state index contributed by atoms with van der Waals surface area (Å²) in [4.78, 5) is 27.6. The molecule has 1 heterocycles. The zero-order valence-electron chi connectivity index (χ0n) is 11.6. The maximum absolute atomic E-state index is 11.9. The maximum atomic E-state index is 11.9. The number of rotatable bonds is 6. The van der Waals surface area contributed by atoms with Crippen LogP contribution < -0.4 is 21.9 Å². The molecule has 0 bridgehead atoms. The minimum Gasteiger partial charge on any atom is -0.395 e. The van der Waals surface area contributed by atoms with Crippen LogP contribution in [0.4, 0.5) is 11.5 Å². The van der Waals surface area contributed by atoms with Crippen molar-refractivity contribution in [2.24, 2.45) is 5.92 Å². The van der Waals surface area contributed by atoms with Crippen LogP contribution in [0.3, 0.4) is 0 Å². The third kappa shape index (κ3) is 3.37. The van der Waals surface area contributed by atoms with Crippen molar-refractivity contribution in [3.63, 3.8) is 0 Å². The first-order valence-corrected chi connectivity index (χ1v) is 6.40. The highest BCUT2D eigenvalue weighted by Crippen LogP contribution is 2.16. The number of hydrogen-bond acceptors (Lipinski definition) is 5. The fraction of sp³-hybridized carbons (Fsp3) is 0.667. The molecular weight excluding hydrogens is 248 g/mol. The number of nitrogens with two attached hydrogens (primary N) is 1. The number of H-pyrrole nitrogens is 1. The van der Waals surface area contributed by atoms with E-state index in [2.05, 4.69) is 4.98 Å². The molecule has 19 heavy (non-hydrogen) atoms. The van der Waals surface area contributed by atoms with Gasteiger partial charge in [-0.3, -0.25) is 14.3 Å². The van der Waals surface area contributed by atoms with Crippen LogP contribution in [0, 0.1) is 5.92 Å². The third-order valence-electron chi connectivity index (χ3n) is 2.83. The van der Waals surface area contributed by atoms with Gasteiger partial charge in [-0.2, -0.15) is 0 Å². The van der Waals surface area contributed by atoms with Gasteiger partial charge in [-0.25, -0.2) is 4.79 Å². The second kappa shape index (κ2) is 6.42. The number of nitrogen functional groups attached to an aromatic ring is 1. The SMILES string of the molecule is CCN(CCO)c1c(N)n(CC(C)C)c(=O)[nH]c1=O. The number of hydrogen-bond donors (Lipinski definition) is 3. The van der Waals surface area contributed by atoms with Gasteiger partial charge in [-0.05, 0) is 12.8 Å². The van der Waals surface area contributed by atoms with Crippen molar-refractivity contribution < 1.29 is 5.11 Å². The number of aromatic nitrogens is 2.